The van der Waals surface area contributed by atoms with Gasteiger partial charge < -0.3 is 4.90 Å². The Morgan fingerprint density at radius 1 is 1.00 bits per heavy atom. The van der Waals surface area contributed by atoms with E-state index in [1.165, 1.54) is 11.3 Å². The number of rotatable bonds is 4. The van der Waals surface area contributed by atoms with Crippen LogP contribution in [0.2, 0.25) is 0 Å². The second-order valence-electron chi connectivity index (χ2n) is 6.55. The fourth-order valence-corrected chi connectivity index (χ4v) is 2.47. The summed E-state index contributed by atoms with van der Waals surface area (Å²) >= 11 is 0. The molecule has 0 unspecified atom stereocenters. The van der Waals surface area contributed by atoms with Crippen molar-refractivity contribution in [1.29, 1.82) is 0 Å². The highest BCUT2D eigenvalue weighted by atomic mass is 16.7. The fraction of sp³-hybridized carbons (Fsp3) is 0.647. The van der Waals surface area contributed by atoms with Gasteiger partial charge in [-0.1, -0.05) is 39.8 Å². The van der Waals surface area contributed by atoms with Crippen LogP contribution in [0.5, 0.6) is 0 Å². The molecule has 0 radical (unpaired) electrons. The lowest BCUT2D eigenvalue weighted by Crippen LogP contribution is -2.46. The standard InChI is InChI=1S/C17H28N2O/c1-5-14-20-19-12-10-18(11-13-19)16-8-6-15(7-9-16)17(2,3)4/h6-9H,5,10-14H2,1-4H3. The van der Waals surface area contributed by atoms with Gasteiger partial charge in [-0.2, -0.15) is 5.06 Å². The third-order valence-electron chi connectivity index (χ3n) is 3.82. The van der Waals surface area contributed by atoms with E-state index in [2.05, 4.69) is 61.9 Å². The van der Waals surface area contributed by atoms with Gasteiger partial charge in [0.1, 0.15) is 0 Å². The van der Waals surface area contributed by atoms with Gasteiger partial charge in [-0.3, -0.25) is 4.84 Å². The summed E-state index contributed by atoms with van der Waals surface area (Å²) in [4.78, 5) is 8.13. The van der Waals surface area contributed by atoms with Crippen LogP contribution >= 0.6 is 0 Å². The number of benzene rings is 1. The molecule has 0 aromatic heterocycles. The number of anilines is 1. The molecule has 0 N–H and O–H groups in total. The first-order valence-electron chi connectivity index (χ1n) is 7.74. The maximum atomic E-state index is 5.69. The van der Waals surface area contributed by atoms with Crippen LogP contribution in [-0.2, 0) is 10.3 Å². The smallest absolute Gasteiger partial charge is 0.0682 e. The molecule has 1 heterocycles. The lowest BCUT2D eigenvalue weighted by molar-refractivity contribution is -0.161. The summed E-state index contributed by atoms with van der Waals surface area (Å²) in [7, 11) is 0. The van der Waals surface area contributed by atoms with Gasteiger partial charge >= 0.3 is 0 Å². The first-order valence-corrected chi connectivity index (χ1v) is 7.74. The van der Waals surface area contributed by atoms with Crippen LogP contribution in [0, 0.1) is 0 Å². The maximum absolute atomic E-state index is 5.69. The molecule has 1 saturated heterocycles. The summed E-state index contributed by atoms with van der Waals surface area (Å²) in [6, 6.07) is 9.02. The lowest BCUT2D eigenvalue weighted by atomic mass is 9.87. The molecule has 112 valence electrons. The molecular formula is C17H28N2O. The van der Waals surface area contributed by atoms with Crippen molar-refractivity contribution < 1.29 is 4.84 Å². The van der Waals surface area contributed by atoms with Crippen molar-refractivity contribution >= 4 is 5.69 Å². The van der Waals surface area contributed by atoms with E-state index in [4.69, 9.17) is 4.84 Å². The van der Waals surface area contributed by atoms with Crippen LogP contribution < -0.4 is 4.90 Å². The second-order valence-corrected chi connectivity index (χ2v) is 6.55. The number of hydrogen-bond donors (Lipinski definition) is 0. The van der Waals surface area contributed by atoms with E-state index in [0.29, 0.717) is 0 Å². The molecule has 0 saturated carbocycles. The Bertz CT molecular complexity index is 400. The Kier molecular flexibility index (Phi) is 5.06. The number of hydrogen-bond acceptors (Lipinski definition) is 3. The monoisotopic (exact) mass is 276 g/mol. The van der Waals surface area contributed by atoms with Gasteiger partial charge in [-0.15, -0.1) is 0 Å². The van der Waals surface area contributed by atoms with Gasteiger partial charge in [-0.05, 0) is 29.5 Å². The topological polar surface area (TPSA) is 15.7 Å². The number of hydroxylamine groups is 2. The quantitative estimate of drug-likeness (QED) is 0.838. The molecule has 3 nitrogen and oxygen atoms in total. The predicted octanol–water partition coefficient (Wildman–Crippen LogP) is 3.45. The normalized spacial score (nSPS) is 17.5. The summed E-state index contributed by atoms with van der Waals surface area (Å²) in [6.07, 6.45) is 1.08. The minimum absolute atomic E-state index is 0.227. The zero-order valence-corrected chi connectivity index (χ0v) is 13.4. The highest BCUT2D eigenvalue weighted by molar-refractivity contribution is 5.48. The molecule has 0 bridgehead atoms. The van der Waals surface area contributed by atoms with E-state index in [1.54, 1.807) is 0 Å². The van der Waals surface area contributed by atoms with Gasteiger partial charge in [0.05, 0.1) is 6.61 Å². The van der Waals surface area contributed by atoms with E-state index in [-0.39, 0.29) is 5.41 Å². The molecule has 1 aromatic carbocycles. The van der Waals surface area contributed by atoms with E-state index < -0.39 is 0 Å². The fourth-order valence-electron chi connectivity index (χ4n) is 2.47. The van der Waals surface area contributed by atoms with Crippen LogP contribution in [0.25, 0.3) is 0 Å². The SMILES string of the molecule is CCCON1CCN(c2ccc(C(C)(C)C)cc2)CC1. The molecule has 1 aromatic rings. The maximum Gasteiger partial charge on any atom is 0.0682 e. The molecule has 2 rings (SSSR count). The molecule has 1 aliphatic heterocycles. The van der Waals surface area contributed by atoms with Crippen molar-refractivity contribution in [1.82, 2.24) is 5.06 Å². The molecule has 1 aliphatic rings. The Morgan fingerprint density at radius 2 is 1.60 bits per heavy atom. The molecule has 3 heteroatoms. The van der Waals surface area contributed by atoms with Gasteiger partial charge in [-0.25, -0.2) is 0 Å². The highest BCUT2D eigenvalue weighted by Gasteiger charge is 2.18. The van der Waals surface area contributed by atoms with E-state index in [9.17, 15) is 0 Å². The van der Waals surface area contributed by atoms with Crippen LogP contribution in [0.4, 0.5) is 5.69 Å². The average Bonchev–Trinajstić information content (AvgIpc) is 2.45. The summed E-state index contributed by atoms with van der Waals surface area (Å²) in [5.74, 6) is 0. The Hall–Kier alpha value is -1.06. The van der Waals surface area contributed by atoms with Crippen molar-refractivity contribution in [3.05, 3.63) is 29.8 Å². The Morgan fingerprint density at radius 3 is 2.10 bits per heavy atom. The Balaban J connectivity index is 1.90. The predicted molar refractivity (Wildman–Crippen MR) is 85.2 cm³/mol. The highest BCUT2D eigenvalue weighted by Crippen LogP contribution is 2.25. The molecular weight excluding hydrogens is 248 g/mol. The van der Waals surface area contributed by atoms with Gasteiger partial charge in [0, 0.05) is 31.9 Å². The molecule has 20 heavy (non-hydrogen) atoms. The van der Waals surface area contributed by atoms with Crippen LogP contribution in [0.1, 0.15) is 39.7 Å². The van der Waals surface area contributed by atoms with Crippen molar-refractivity contribution in [3.63, 3.8) is 0 Å². The van der Waals surface area contributed by atoms with Crippen LogP contribution in [-0.4, -0.2) is 37.8 Å². The van der Waals surface area contributed by atoms with Crippen molar-refractivity contribution in [2.75, 3.05) is 37.7 Å². The third-order valence-corrected chi connectivity index (χ3v) is 3.82. The first-order chi connectivity index (χ1) is 9.50. The first kappa shape index (κ1) is 15.3. The van der Waals surface area contributed by atoms with Gasteiger partial charge in [0.15, 0.2) is 0 Å². The average molecular weight is 276 g/mol. The summed E-state index contributed by atoms with van der Waals surface area (Å²) < 4.78 is 0. The summed E-state index contributed by atoms with van der Waals surface area (Å²) in [5, 5.41) is 2.10. The van der Waals surface area contributed by atoms with Crippen molar-refractivity contribution in [2.24, 2.45) is 0 Å². The van der Waals surface area contributed by atoms with Gasteiger partial charge in [0.2, 0.25) is 0 Å². The lowest BCUT2D eigenvalue weighted by Gasteiger charge is -2.35. The minimum atomic E-state index is 0.227. The molecule has 0 amide bonds. The molecule has 1 fully saturated rings. The van der Waals surface area contributed by atoms with E-state index >= 15 is 0 Å². The van der Waals surface area contributed by atoms with Crippen molar-refractivity contribution in [3.8, 4) is 0 Å². The second kappa shape index (κ2) is 6.59. The van der Waals surface area contributed by atoms with Crippen LogP contribution in [0.15, 0.2) is 24.3 Å². The molecule has 0 atom stereocenters. The van der Waals surface area contributed by atoms with E-state index in [0.717, 1.165) is 39.2 Å². The summed E-state index contributed by atoms with van der Waals surface area (Å²) in [6.45, 7) is 13.8. The zero-order valence-electron chi connectivity index (χ0n) is 13.4. The largest absolute Gasteiger partial charge is 0.369 e. The third kappa shape index (κ3) is 3.97. The van der Waals surface area contributed by atoms with E-state index in [1.807, 2.05) is 0 Å². The molecule has 0 spiro atoms. The number of piperazine rings is 1. The summed E-state index contributed by atoms with van der Waals surface area (Å²) in [5.41, 5.74) is 2.95. The zero-order chi connectivity index (χ0) is 14.6. The van der Waals surface area contributed by atoms with Gasteiger partial charge in [0.25, 0.3) is 0 Å². The number of nitrogens with zero attached hydrogens (tertiary/aromatic N) is 2. The van der Waals surface area contributed by atoms with Crippen LogP contribution in [0.3, 0.4) is 0 Å². The minimum Gasteiger partial charge on any atom is -0.369 e. The molecule has 0 aliphatic carbocycles. The Labute approximate surface area is 123 Å². The van der Waals surface area contributed by atoms with Crippen molar-refractivity contribution in [2.45, 2.75) is 39.5 Å².